The van der Waals surface area contributed by atoms with Crippen molar-refractivity contribution in [3.8, 4) is 11.1 Å². The van der Waals surface area contributed by atoms with Gasteiger partial charge in [0.25, 0.3) is 0 Å². The molecule has 0 unspecified atom stereocenters. The summed E-state index contributed by atoms with van der Waals surface area (Å²) in [7, 11) is 0. The van der Waals surface area contributed by atoms with Crippen LogP contribution in [0.2, 0.25) is 10.0 Å². The second kappa shape index (κ2) is 11.2. The molecule has 2 heterocycles. The minimum absolute atomic E-state index is 0.528. The van der Waals surface area contributed by atoms with Gasteiger partial charge >= 0.3 is 0 Å². The maximum absolute atomic E-state index is 6.25. The second-order valence-electron chi connectivity index (χ2n) is 8.14. The van der Waals surface area contributed by atoms with Gasteiger partial charge in [-0.15, -0.1) is 0 Å². The van der Waals surface area contributed by atoms with Gasteiger partial charge in [-0.3, -0.25) is 0 Å². The van der Waals surface area contributed by atoms with Crippen molar-refractivity contribution < 1.29 is 9.15 Å². The lowest BCUT2D eigenvalue weighted by atomic mass is 9.98. The van der Waals surface area contributed by atoms with Crippen LogP contribution in [0.1, 0.15) is 36.1 Å². The Bertz CT molecular complexity index is 1050. The van der Waals surface area contributed by atoms with Gasteiger partial charge in [-0.1, -0.05) is 47.8 Å². The molecule has 1 radical (unpaired) electrons. The van der Waals surface area contributed by atoms with E-state index in [2.05, 4.69) is 30.0 Å². The van der Waals surface area contributed by atoms with Gasteiger partial charge in [0.05, 0.1) is 29.5 Å². The molecule has 32 heavy (non-hydrogen) atoms. The van der Waals surface area contributed by atoms with E-state index < -0.39 is 0 Å². The van der Waals surface area contributed by atoms with Crippen LogP contribution in [0.3, 0.4) is 0 Å². The van der Waals surface area contributed by atoms with Crippen molar-refractivity contribution >= 4 is 34.9 Å². The van der Waals surface area contributed by atoms with Crippen LogP contribution in [0.5, 0.6) is 0 Å². The highest BCUT2D eigenvalue weighted by atomic mass is 35.5. The summed E-state index contributed by atoms with van der Waals surface area (Å²) in [6.07, 6.45) is 7.63. The van der Waals surface area contributed by atoms with Crippen LogP contribution in [-0.4, -0.2) is 31.1 Å². The third-order valence-corrected chi connectivity index (χ3v) is 6.56. The number of hydrogen-bond acceptors (Lipinski definition) is 3. The molecule has 0 spiro atoms. The number of rotatable bonds is 8. The average Bonchev–Trinajstić information content (AvgIpc) is 3.35. The topological polar surface area (TPSA) is 25.6 Å². The van der Waals surface area contributed by atoms with E-state index >= 15 is 0 Å². The van der Waals surface area contributed by atoms with Crippen LogP contribution in [0.4, 0.5) is 0 Å². The van der Waals surface area contributed by atoms with E-state index in [0.29, 0.717) is 16.7 Å². The predicted molar refractivity (Wildman–Crippen MR) is 134 cm³/mol. The molecule has 0 bridgehead atoms. The molecule has 0 saturated carbocycles. The van der Waals surface area contributed by atoms with Crippen molar-refractivity contribution in [3.63, 3.8) is 0 Å². The Morgan fingerprint density at radius 3 is 2.53 bits per heavy atom. The van der Waals surface area contributed by atoms with Crippen molar-refractivity contribution in [3.05, 3.63) is 88.7 Å². The number of halogens is 2. The summed E-state index contributed by atoms with van der Waals surface area (Å²) in [4.78, 5) is 2.49. The fourth-order valence-corrected chi connectivity index (χ4v) is 4.30. The van der Waals surface area contributed by atoms with Gasteiger partial charge in [-0.25, -0.2) is 0 Å². The first-order chi connectivity index (χ1) is 15.6. The molecule has 2 aromatic carbocycles. The Morgan fingerprint density at radius 2 is 1.78 bits per heavy atom. The molecular weight excluding hydrogens is 441 g/mol. The zero-order valence-corrected chi connectivity index (χ0v) is 19.7. The first kappa shape index (κ1) is 23.1. The average molecular weight is 469 g/mol. The van der Waals surface area contributed by atoms with E-state index in [1.807, 2.05) is 36.4 Å². The maximum atomic E-state index is 6.25. The van der Waals surface area contributed by atoms with Gasteiger partial charge in [0.2, 0.25) is 0 Å². The highest BCUT2D eigenvalue weighted by Gasteiger charge is 2.11. The third-order valence-electron chi connectivity index (χ3n) is 5.82. The lowest BCUT2D eigenvalue weighted by molar-refractivity contribution is 0.0863. The summed E-state index contributed by atoms with van der Waals surface area (Å²) in [5.74, 6) is 0.760. The number of allylic oxidation sites excluding steroid dienone is 1. The summed E-state index contributed by atoms with van der Waals surface area (Å²) in [5.41, 5.74) is 5.07. The van der Waals surface area contributed by atoms with Crippen molar-refractivity contribution in [2.45, 2.75) is 25.9 Å². The minimum atomic E-state index is 0.528. The molecule has 1 saturated heterocycles. The number of nitrogens with zero attached hydrogens (tertiary/aromatic N) is 1. The van der Waals surface area contributed by atoms with Crippen molar-refractivity contribution in [1.82, 2.24) is 4.90 Å². The summed E-state index contributed by atoms with van der Waals surface area (Å²) >= 11 is 12.3. The Kier molecular flexibility index (Phi) is 8.10. The molecule has 3 nitrogen and oxygen atoms in total. The molecule has 1 aromatic heterocycles. The first-order valence-corrected chi connectivity index (χ1v) is 11.8. The molecule has 5 heteroatoms. The Morgan fingerprint density at radius 1 is 1.00 bits per heavy atom. The fourth-order valence-electron chi connectivity index (χ4n) is 4.01. The van der Waals surface area contributed by atoms with Gasteiger partial charge in [-0.2, -0.15) is 0 Å². The molecule has 1 aliphatic rings. The van der Waals surface area contributed by atoms with Crippen LogP contribution < -0.4 is 0 Å². The zero-order valence-electron chi connectivity index (χ0n) is 18.2. The smallest absolute Gasteiger partial charge is 0.129 e. The van der Waals surface area contributed by atoms with Crippen LogP contribution in [0.15, 0.2) is 59.2 Å². The van der Waals surface area contributed by atoms with E-state index in [-0.39, 0.29) is 0 Å². The third kappa shape index (κ3) is 6.05. The van der Waals surface area contributed by atoms with E-state index in [0.717, 1.165) is 46.7 Å². The van der Waals surface area contributed by atoms with E-state index in [1.54, 1.807) is 6.26 Å². The molecule has 3 aromatic rings. The molecule has 1 aliphatic heterocycles. The van der Waals surface area contributed by atoms with Gasteiger partial charge in [0.15, 0.2) is 0 Å². The normalized spacial score (nSPS) is 15.3. The quantitative estimate of drug-likeness (QED) is 0.317. The molecule has 167 valence electrons. The largest absolute Gasteiger partial charge is 0.465 e. The Hall–Kier alpha value is -2.04. The zero-order chi connectivity index (χ0) is 22.3. The number of benzene rings is 2. The fraction of sp³-hybridized carbons (Fsp3) is 0.296. The number of furan rings is 1. The number of ether oxygens (including phenoxy) is 1. The molecule has 0 atom stereocenters. The molecule has 4 rings (SSSR count). The minimum Gasteiger partial charge on any atom is -0.465 e. The number of likely N-dealkylation sites (tertiary alicyclic amines) is 1. The maximum Gasteiger partial charge on any atom is 0.129 e. The molecular formula is C27H28Cl2NO2. The summed E-state index contributed by atoms with van der Waals surface area (Å²) in [6, 6.07) is 15.8. The molecule has 0 aliphatic carbocycles. The standard InChI is InChI=1S/C27H28Cl2NO2/c1-20(27-6-5-14-32-27)16-21-7-8-22(23-9-10-25(28)26(29)18-23)17-24(21)19-31-15-13-30-11-3-2-4-12-30/h5-10,14,16-18H,1-4,11-13,15,19H2. The summed E-state index contributed by atoms with van der Waals surface area (Å²) in [6.45, 7) is 8.74. The van der Waals surface area contributed by atoms with E-state index in [1.165, 1.54) is 32.4 Å². The highest BCUT2D eigenvalue weighted by Crippen LogP contribution is 2.31. The van der Waals surface area contributed by atoms with Crippen LogP contribution in [0.25, 0.3) is 22.8 Å². The molecule has 0 N–H and O–H groups in total. The highest BCUT2D eigenvalue weighted by molar-refractivity contribution is 6.42. The van der Waals surface area contributed by atoms with Gasteiger partial charge in [0.1, 0.15) is 5.76 Å². The summed E-state index contributed by atoms with van der Waals surface area (Å²) in [5, 5.41) is 1.10. The lowest BCUT2D eigenvalue weighted by Gasteiger charge is -2.26. The Labute approximate surface area is 200 Å². The van der Waals surface area contributed by atoms with Gasteiger partial charge < -0.3 is 14.1 Å². The Balaban J connectivity index is 1.54. The van der Waals surface area contributed by atoms with Crippen molar-refractivity contribution in [1.29, 1.82) is 0 Å². The van der Waals surface area contributed by atoms with Crippen LogP contribution in [-0.2, 0) is 11.3 Å². The van der Waals surface area contributed by atoms with E-state index in [9.17, 15) is 0 Å². The molecule has 1 fully saturated rings. The summed E-state index contributed by atoms with van der Waals surface area (Å²) < 4.78 is 11.6. The number of hydrogen-bond donors (Lipinski definition) is 0. The second-order valence-corrected chi connectivity index (χ2v) is 8.96. The van der Waals surface area contributed by atoms with E-state index in [4.69, 9.17) is 32.4 Å². The van der Waals surface area contributed by atoms with Crippen molar-refractivity contribution in [2.75, 3.05) is 26.2 Å². The van der Waals surface area contributed by atoms with Crippen LogP contribution >= 0.6 is 23.2 Å². The molecule has 0 amide bonds. The van der Waals surface area contributed by atoms with Gasteiger partial charge in [-0.05, 0) is 97.1 Å². The van der Waals surface area contributed by atoms with Crippen LogP contribution in [0, 0.1) is 6.92 Å². The lowest BCUT2D eigenvalue weighted by Crippen LogP contribution is -2.32. The monoisotopic (exact) mass is 468 g/mol. The predicted octanol–water partition coefficient (Wildman–Crippen LogP) is 7.63. The van der Waals surface area contributed by atoms with Crippen molar-refractivity contribution in [2.24, 2.45) is 0 Å². The SMILES string of the molecule is [CH2]C(=Cc1ccc(-c2ccc(Cl)c(Cl)c2)cc1COCCN1CCCCC1)c1ccco1. The first-order valence-electron chi connectivity index (χ1n) is 11.1. The number of piperidine rings is 1. The van der Waals surface area contributed by atoms with Gasteiger partial charge in [0, 0.05) is 6.54 Å².